The molecule has 2 aromatic carbocycles. The smallest absolute Gasteiger partial charge is 0.324 e. The lowest BCUT2D eigenvalue weighted by atomic mass is 10.1. The van der Waals surface area contributed by atoms with Crippen molar-refractivity contribution in [3.63, 3.8) is 0 Å². The van der Waals surface area contributed by atoms with E-state index in [1.807, 2.05) is 19.4 Å². The lowest BCUT2D eigenvalue weighted by Crippen LogP contribution is -2.52. The number of hydrogen-bond acceptors (Lipinski definition) is 11. The van der Waals surface area contributed by atoms with E-state index in [1.54, 1.807) is 34.1 Å². The number of carbonyl (C=O) groups excluding carboxylic acids is 4. The van der Waals surface area contributed by atoms with Gasteiger partial charge in [-0.05, 0) is 86.9 Å². The second kappa shape index (κ2) is 22.1. The number of hydrogen-bond donors (Lipinski definition) is 1. The summed E-state index contributed by atoms with van der Waals surface area (Å²) in [6.45, 7) is 4.93. The summed E-state index contributed by atoms with van der Waals surface area (Å²) in [4.78, 5) is 68.8. The Hall–Kier alpha value is -6.94. The van der Waals surface area contributed by atoms with Crippen LogP contribution in [-0.2, 0) is 17.9 Å². The highest BCUT2D eigenvalue weighted by Crippen LogP contribution is 2.25. The molecule has 0 spiro atoms. The summed E-state index contributed by atoms with van der Waals surface area (Å²) in [5, 5.41) is 8.75. The molecule has 2 aliphatic heterocycles. The molecule has 2 saturated heterocycles. The molecule has 22 heteroatoms. The van der Waals surface area contributed by atoms with Crippen LogP contribution in [0.1, 0.15) is 34.1 Å². The normalized spacial score (nSPS) is 14.5. The van der Waals surface area contributed by atoms with Gasteiger partial charge in [0.1, 0.15) is 11.6 Å². The highest BCUT2D eigenvalue weighted by Gasteiger charge is 2.28. The van der Waals surface area contributed by atoms with Crippen LogP contribution in [0.2, 0.25) is 0 Å². The molecule has 2 fully saturated rings. The minimum atomic E-state index is -3.20. The summed E-state index contributed by atoms with van der Waals surface area (Å²) in [6, 6.07) is 17.0. The van der Waals surface area contributed by atoms with E-state index in [9.17, 15) is 45.5 Å². The van der Waals surface area contributed by atoms with Crippen molar-refractivity contribution in [1.82, 2.24) is 45.1 Å². The molecule has 344 valence electrons. The van der Waals surface area contributed by atoms with E-state index in [2.05, 4.69) is 30.0 Å². The summed E-state index contributed by atoms with van der Waals surface area (Å²) in [6.07, 6.45) is -3.38. The fraction of sp³-hybridized carbons (Fsp3) is 0.349. The van der Waals surface area contributed by atoms with Gasteiger partial charge in [-0.2, -0.15) is 17.6 Å². The average Bonchev–Trinajstić information content (AvgIpc) is 3.82. The number of piperazine rings is 2. The van der Waals surface area contributed by atoms with Gasteiger partial charge in [-0.3, -0.25) is 29.4 Å². The number of Topliss-reactive ketones (excluding diaryl/α,β-unsaturated/α-hetero) is 1. The standard InChI is InChI=1S/C22H24F3N5O3.C21H21F3N6O2/c1-28-8-10-29(11-9-28)22(33)30(18-6-3-16(23)4-7-18)14-17-5-2-15(12-26-17)19(31)13-27-21(32)20(24)25;1-28-8-10-29(11-9-28)21(31)30(17-6-3-15(22)4-7-17)13-16-5-2-14(12-25-16)19-26-27-20(32-19)18(23)24/h2-7,12,20H,8-11,13-14H2,1H3,(H,27,32);2-7,12,18H,8-11,13H2,1H3. The van der Waals surface area contributed by atoms with E-state index < -0.39 is 48.6 Å². The number of ketones is 1. The van der Waals surface area contributed by atoms with Gasteiger partial charge < -0.3 is 29.3 Å². The molecule has 7 rings (SSSR count). The number of rotatable bonds is 12. The number of nitrogens with one attached hydrogen (secondary N) is 1. The Bertz CT molecular complexity index is 2360. The van der Waals surface area contributed by atoms with Crippen molar-refractivity contribution >= 4 is 35.1 Å². The molecule has 16 nitrogen and oxygen atoms in total. The van der Waals surface area contributed by atoms with Gasteiger partial charge in [0, 0.05) is 81.7 Å². The van der Waals surface area contributed by atoms with Gasteiger partial charge in [-0.1, -0.05) is 0 Å². The third-order valence-electron chi connectivity index (χ3n) is 10.4. The maximum atomic E-state index is 13.4. The predicted octanol–water partition coefficient (Wildman–Crippen LogP) is 5.74. The Kier molecular flexibility index (Phi) is 16.2. The Labute approximate surface area is 369 Å². The van der Waals surface area contributed by atoms with E-state index in [0.717, 1.165) is 26.2 Å². The van der Waals surface area contributed by atoms with Crippen LogP contribution in [0.5, 0.6) is 0 Å². The molecule has 2 aliphatic rings. The van der Waals surface area contributed by atoms with Crippen LogP contribution in [0.25, 0.3) is 11.5 Å². The number of pyridine rings is 2. The summed E-state index contributed by atoms with van der Waals surface area (Å²) in [5.41, 5.74) is 2.57. The lowest BCUT2D eigenvalue weighted by molar-refractivity contribution is -0.131. The quantitative estimate of drug-likeness (QED) is 0.120. The molecule has 0 unspecified atom stereocenters. The SMILES string of the molecule is CN1CCN(C(=O)N(Cc2ccc(-c3nnc(C(F)F)o3)cn2)c2ccc(F)cc2)CC1.CN1CCN(C(=O)N(Cc2ccc(C(=O)CNC(=O)C(F)F)cn2)c2ccc(F)cc2)CC1. The number of likely N-dealkylation sites (N-methyl/N-ethyl adjacent to an activating group) is 2. The van der Waals surface area contributed by atoms with E-state index in [1.165, 1.54) is 70.7 Å². The maximum Gasteiger partial charge on any atom is 0.324 e. The summed E-state index contributed by atoms with van der Waals surface area (Å²) in [5.74, 6) is -3.75. The molecule has 5 aromatic rings. The fourth-order valence-corrected chi connectivity index (χ4v) is 6.56. The number of amides is 5. The number of carbonyl (C=O) groups is 4. The van der Waals surface area contributed by atoms with Crippen LogP contribution in [0, 0.1) is 11.6 Å². The second-order valence-corrected chi connectivity index (χ2v) is 15.0. The van der Waals surface area contributed by atoms with Crippen LogP contribution in [0.3, 0.4) is 0 Å². The van der Waals surface area contributed by atoms with Crippen LogP contribution in [-0.4, -0.2) is 143 Å². The molecule has 0 radical (unpaired) electrons. The zero-order chi connectivity index (χ0) is 46.6. The maximum absolute atomic E-state index is 13.4. The van der Waals surface area contributed by atoms with Crippen LogP contribution in [0.4, 0.5) is 47.3 Å². The second-order valence-electron chi connectivity index (χ2n) is 15.0. The van der Waals surface area contributed by atoms with Gasteiger partial charge in [-0.15, -0.1) is 10.2 Å². The number of benzene rings is 2. The van der Waals surface area contributed by atoms with Crippen molar-refractivity contribution in [3.8, 4) is 11.5 Å². The highest BCUT2D eigenvalue weighted by atomic mass is 19.3. The molecule has 0 saturated carbocycles. The Morgan fingerprint density at radius 3 is 1.52 bits per heavy atom. The number of alkyl halides is 4. The van der Waals surface area contributed by atoms with Crippen LogP contribution >= 0.6 is 0 Å². The van der Waals surface area contributed by atoms with E-state index in [-0.39, 0.29) is 36.6 Å². The van der Waals surface area contributed by atoms with E-state index in [0.29, 0.717) is 54.5 Å². The van der Waals surface area contributed by atoms with Crippen molar-refractivity contribution < 1.29 is 49.9 Å². The Morgan fingerprint density at radius 1 is 0.646 bits per heavy atom. The summed E-state index contributed by atoms with van der Waals surface area (Å²) < 4.78 is 81.6. The van der Waals surface area contributed by atoms with Crippen molar-refractivity contribution in [1.29, 1.82) is 0 Å². The number of halogens is 6. The monoisotopic (exact) mass is 909 g/mol. The topological polar surface area (TPSA) is 164 Å². The minimum absolute atomic E-state index is 0.0664. The van der Waals surface area contributed by atoms with Gasteiger partial charge in [0.25, 0.3) is 11.8 Å². The van der Waals surface area contributed by atoms with Crippen molar-refractivity contribution in [2.75, 3.05) is 82.8 Å². The average molecular weight is 910 g/mol. The Morgan fingerprint density at radius 2 is 1.12 bits per heavy atom. The van der Waals surface area contributed by atoms with Crippen molar-refractivity contribution in [2.45, 2.75) is 25.9 Å². The molecule has 1 N–H and O–H groups in total. The first kappa shape index (κ1) is 47.5. The van der Waals surface area contributed by atoms with E-state index in [4.69, 9.17) is 4.42 Å². The summed E-state index contributed by atoms with van der Waals surface area (Å²) in [7, 11) is 3.98. The van der Waals surface area contributed by atoms with Gasteiger partial charge in [0.05, 0.1) is 36.6 Å². The largest absolute Gasteiger partial charge is 0.415 e. The molecule has 5 amide bonds. The first-order chi connectivity index (χ1) is 31.1. The predicted molar refractivity (Wildman–Crippen MR) is 224 cm³/mol. The summed E-state index contributed by atoms with van der Waals surface area (Å²) >= 11 is 0. The van der Waals surface area contributed by atoms with Gasteiger partial charge in [0.15, 0.2) is 5.78 Å². The fourth-order valence-electron chi connectivity index (χ4n) is 6.56. The molecule has 0 bridgehead atoms. The molecular weight excluding hydrogens is 865 g/mol. The molecule has 5 heterocycles. The Balaban J connectivity index is 0.000000215. The van der Waals surface area contributed by atoms with Gasteiger partial charge >= 0.3 is 24.9 Å². The number of anilines is 2. The van der Waals surface area contributed by atoms with Crippen molar-refractivity contribution in [2.24, 2.45) is 0 Å². The zero-order valence-electron chi connectivity index (χ0n) is 35.3. The first-order valence-corrected chi connectivity index (χ1v) is 20.3. The number of aromatic nitrogens is 4. The third-order valence-corrected chi connectivity index (χ3v) is 10.4. The zero-order valence-corrected chi connectivity index (χ0v) is 35.3. The lowest BCUT2D eigenvalue weighted by Gasteiger charge is -2.36. The molecule has 65 heavy (non-hydrogen) atoms. The first-order valence-electron chi connectivity index (χ1n) is 20.3. The molecule has 0 atom stereocenters. The van der Waals surface area contributed by atoms with E-state index >= 15 is 0 Å². The molecular formula is C43H45F6N11O5. The van der Waals surface area contributed by atoms with Crippen LogP contribution < -0.4 is 15.1 Å². The number of nitrogens with zero attached hydrogens (tertiary/aromatic N) is 10. The highest BCUT2D eigenvalue weighted by molar-refractivity contribution is 5.99. The van der Waals surface area contributed by atoms with Gasteiger partial charge in [-0.25, -0.2) is 18.4 Å². The van der Waals surface area contributed by atoms with Gasteiger partial charge in [0.2, 0.25) is 5.89 Å². The minimum Gasteiger partial charge on any atom is -0.415 e. The van der Waals surface area contributed by atoms with Crippen molar-refractivity contribution in [3.05, 3.63) is 120 Å². The molecule has 0 aliphatic carbocycles. The third kappa shape index (κ3) is 13.1. The molecule has 3 aromatic heterocycles. The van der Waals surface area contributed by atoms with Crippen LogP contribution in [0.15, 0.2) is 89.6 Å². The number of urea groups is 2.